The zero-order valence-electron chi connectivity index (χ0n) is 11.3. The van der Waals surface area contributed by atoms with Crippen LogP contribution >= 0.6 is 0 Å². The van der Waals surface area contributed by atoms with E-state index in [1.807, 2.05) is 32.0 Å². The predicted octanol–water partition coefficient (Wildman–Crippen LogP) is 2.62. The van der Waals surface area contributed by atoms with Crippen molar-refractivity contribution in [1.82, 2.24) is 5.32 Å². The smallest absolute Gasteiger partial charge is 0.326 e. The summed E-state index contributed by atoms with van der Waals surface area (Å²) in [4.78, 5) is 22.7. The minimum atomic E-state index is -1.01. The molecule has 0 aromatic heterocycles. The summed E-state index contributed by atoms with van der Waals surface area (Å²) in [6, 6.07) is 6.13. The second-order valence-electron chi connectivity index (χ2n) is 4.33. The summed E-state index contributed by atoms with van der Waals surface area (Å²) < 4.78 is 0. The number of aryl methyl sites for hydroxylation is 1. The summed E-state index contributed by atoms with van der Waals surface area (Å²) in [5.74, 6) is -1.01. The van der Waals surface area contributed by atoms with Crippen LogP contribution in [0.5, 0.6) is 0 Å². The number of urea groups is 1. The Labute approximate surface area is 113 Å². The molecule has 1 atom stereocenters. The molecule has 0 unspecified atom stereocenters. The third kappa shape index (κ3) is 4.99. The molecular formula is C14H20N2O3. The fourth-order valence-electron chi connectivity index (χ4n) is 1.74. The van der Waals surface area contributed by atoms with Crippen molar-refractivity contribution in [3.63, 3.8) is 0 Å². The van der Waals surface area contributed by atoms with Gasteiger partial charge in [-0.25, -0.2) is 9.59 Å². The van der Waals surface area contributed by atoms with Crippen molar-refractivity contribution in [2.75, 3.05) is 5.32 Å². The molecule has 3 N–H and O–H groups in total. The highest BCUT2D eigenvalue weighted by Gasteiger charge is 2.18. The zero-order chi connectivity index (χ0) is 14.3. The summed E-state index contributed by atoms with van der Waals surface area (Å²) in [5.41, 5.74) is 1.78. The molecule has 0 fully saturated rings. The molecule has 5 heteroatoms. The maximum absolute atomic E-state index is 11.7. The van der Waals surface area contributed by atoms with Crippen LogP contribution in [0.15, 0.2) is 24.3 Å². The van der Waals surface area contributed by atoms with Gasteiger partial charge in [-0.15, -0.1) is 0 Å². The van der Waals surface area contributed by atoms with Crippen molar-refractivity contribution in [3.05, 3.63) is 29.8 Å². The van der Waals surface area contributed by atoms with Crippen molar-refractivity contribution in [3.8, 4) is 0 Å². The van der Waals surface area contributed by atoms with Crippen LogP contribution in [0.25, 0.3) is 0 Å². The number of aliphatic carboxylic acids is 1. The first kappa shape index (κ1) is 15.0. The van der Waals surface area contributed by atoms with Crippen LogP contribution < -0.4 is 10.6 Å². The van der Waals surface area contributed by atoms with Crippen molar-refractivity contribution in [1.29, 1.82) is 0 Å². The van der Waals surface area contributed by atoms with E-state index in [4.69, 9.17) is 5.11 Å². The number of anilines is 1. The third-order valence-corrected chi connectivity index (χ3v) is 2.77. The maximum Gasteiger partial charge on any atom is 0.326 e. The molecular weight excluding hydrogens is 244 g/mol. The van der Waals surface area contributed by atoms with E-state index < -0.39 is 18.0 Å². The van der Waals surface area contributed by atoms with Gasteiger partial charge < -0.3 is 15.7 Å². The second kappa shape index (κ2) is 7.41. The highest BCUT2D eigenvalue weighted by Crippen LogP contribution is 2.11. The summed E-state index contributed by atoms with van der Waals surface area (Å²) >= 11 is 0. The molecule has 2 amide bonds. The summed E-state index contributed by atoms with van der Waals surface area (Å²) in [6.07, 6.45) is 1.99. The molecule has 0 radical (unpaired) electrons. The average Bonchev–Trinajstić information content (AvgIpc) is 2.38. The first-order valence-electron chi connectivity index (χ1n) is 6.46. The van der Waals surface area contributed by atoms with Crippen molar-refractivity contribution < 1.29 is 14.7 Å². The number of carbonyl (C=O) groups excluding carboxylic acids is 1. The Bertz CT molecular complexity index is 446. The molecule has 1 aromatic rings. The van der Waals surface area contributed by atoms with Gasteiger partial charge in [-0.3, -0.25) is 0 Å². The van der Waals surface area contributed by atoms with Gasteiger partial charge in [0.25, 0.3) is 0 Å². The largest absolute Gasteiger partial charge is 0.480 e. The fourth-order valence-corrected chi connectivity index (χ4v) is 1.74. The highest BCUT2D eigenvalue weighted by atomic mass is 16.4. The van der Waals surface area contributed by atoms with E-state index in [1.165, 1.54) is 0 Å². The Balaban J connectivity index is 2.60. The molecule has 0 saturated carbocycles. The van der Waals surface area contributed by atoms with Gasteiger partial charge >= 0.3 is 12.0 Å². The number of carbonyl (C=O) groups is 2. The van der Waals surface area contributed by atoms with Crippen LogP contribution in [0.4, 0.5) is 10.5 Å². The van der Waals surface area contributed by atoms with E-state index in [9.17, 15) is 9.59 Å². The molecule has 19 heavy (non-hydrogen) atoms. The van der Waals surface area contributed by atoms with Crippen LogP contribution in [0.3, 0.4) is 0 Å². The SMILES string of the molecule is CCC[C@H](NC(=O)Nc1cccc(CC)c1)C(=O)O. The molecule has 0 aliphatic heterocycles. The minimum Gasteiger partial charge on any atom is -0.480 e. The molecule has 0 heterocycles. The maximum atomic E-state index is 11.7. The topological polar surface area (TPSA) is 78.4 Å². The Morgan fingerprint density at radius 2 is 2.05 bits per heavy atom. The average molecular weight is 264 g/mol. The van der Waals surface area contributed by atoms with E-state index in [0.29, 0.717) is 18.5 Å². The molecule has 0 saturated heterocycles. The Morgan fingerprint density at radius 3 is 2.63 bits per heavy atom. The molecule has 0 aliphatic carbocycles. The number of rotatable bonds is 6. The Hall–Kier alpha value is -2.04. The lowest BCUT2D eigenvalue weighted by molar-refractivity contribution is -0.139. The molecule has 104 valence electrons. The highest BCUT2D eigenvalue weighted by molar-refractivity contribution is 5.92. The van der Waals surface area contributed by atoms with Crippen LogP contribution in [0, 0.1) is 0 Å². The molecule has 0 bridgehead atoms. The van der Waals surface area contributed by atoms with Gasteiger partial charge in [0.1, 0.15) is 6.04 Å². The quantitative estimate of drug-likeness (QED) is 0.739. The zero-order valence-corrected chi connectivity index (χ0v) is 11.3. The minimum absolute atomic E-state index is 0.414. The van der Waals surface area contributed by atoms with E-state index in [-0.39, 0.29) is 0 Å². The van der Waals surface area contributed by atoms with Gasteiger partial charge in [-0.2, -0.15) is 0 Å². The predicted molar refractivity (Wildman–Crippen MR) is 74.3 cm³/mol. The second-order valence-corrected chi connectivity index (χ2v) is 4.33. The van der Waals surface area contributed by atoms with Crippen molar-refractivity contribution in [2.24, 2.45) is 0 Å². The van der Waals surface area contributed by atoms with Gasteiger partial charge in [-0.1, -0.05) is 32.4 Å². The number of benzene rings is 1. The number of carboxylic acid groups (broad SMARTS) is 1. The lowest BCUT2D eigenvalue weighted by atomic mass is 10.1. The lowest BCUT2D eigenvalue weighted by Crippen LogP contribution is -2.42. The monoisotopic (exact) mass is 264 g/mol. The standard InChI is InChI=1S/C14H20N2O3/c1-3-6-12(13(17)18)16-14(19)15-11-8-5-7-10(4-2)9-11/h5,7-9,12H,3-4,6H2,1-2H3,(H,17,18)(H2,15,16,19)/t12-/m0/s1. The van der Waals surface area contributed by atoms with Crippen LogP contribution in [-0.2, 0) is 11.2 Å². The first-order chi connectivity index (χ1) is 9.06. The number of amides is 2. The van der Waals surface area contributed by atoms with Gasteiger partial charge in [0.05, 0.1) is 0 Å². The molecule has 0 spiro atoms. The van der Waals surface area contributed by atoms with E-state index in [0.717, 1.165) is 12.0 Å². The van der Waals surface area contributed by atoms with Crippen molar-refractivity contribution in [2.45, 2.75) is 39.2 Å². The van der Waals surface area contributed by atoms with Gasteiger partial charge in [-0.05, 0) is 30.5 Å². The van der Waals surface area contributed by atoms with Gasteiger partial charge in [0.15, 0.2) is 0 Å². The summed E-state index contributed by atoms with van der Waals surface area (Å²) in [5, 5.41) is 14.1. The molecule has 5 nitrogen and oxygen atoms in total. The molecule has 1 rings (SSSR count). The Kier molecular flexibility index (Phi) is 5.85. The summed E-state index contributed by atoms with van der Waals surface area (Å²) in [6.45, 7) is 3.90. The summed E-state index contributed by atoms with van der Waals surface area (Å²) in [7, 11) is 0. The normalized spacial score (nSPS) is 11.7. The van der Waals surface area contributed by atoms with Crippen LogP contribution in [0.2, 0.25) is 0 Å². The lowest BCUT2D eigenvalue weighted by Gasteiger charge is -2.14. The van der Waals surface area contributed by atoms with E-state index in [1.54, 1.807) is 6.07 Å². The number of carboxylic acids is 1. The van der Waals surface area contributed by atoms with Gasteiger partial charge in [0, 0.05) is 5.69 Å². The third-order valence-electron chi connectivity index (χ3n) is 2.77. The molecule has 1 aromatic carbocycles. The Morgan fingerprint density at radius 1 is 1.32 bits per heavy atom. The number of hydrogen-bond donors (Lipinski definition) is 3. The van der Waals surface area contributed by atoms with E-state index >= 15 is 0 Å². The van der Waals surface area contributed by atoms with Crippen LogP contribution in [0.1, 0.15) is 32.3 Å². The first-order valence-corrected chi connectivity index (χ1v) is 6.46. The van der Waals surface area contributed by atoms with Gasteiger partial charge in [0.2, 0.25) is 0 Å². The number of nitrogens with one attached hydrogen (secondary N) is 2. The molecule has 0 aliphatic rings. The van der Waals surface area contributed by atoms with E-state index in [2.05, 4.69) is 10.6 Å². The fraction of sp³-hybridized carbons (Fsp3) is 0.429. The van der Waals surface area contributed by atoms with Crippen LogP contribution in [-0.4, -0.2) is 23.1 Å². The number of hydrogen-bond acceptors (Lipinski definition) is 2. The van der Waals surface area contributed by atoms with Crippen molar-refractivity contribution >= 4 is 17.7 Å².